The number of fused-ring (bicyclic) bond motifs is 1. The molecule has 0 radical (unpaired) electrons. The number of ether oxygens (including phenoxy) is 1. The highest BCUT2D eigenvalue weighted by molar-refractivity contribution is 5.82. The van der Waals surface area contributed by atoms with Crippen LogP contribution in [0.25, 0.3) is 11.0 Å². The van der Waals surface area contributed by atoms with Gasteiger partial charge in [0.1, 0.15) is 11.4 Å². The first kappa shape index (κ1) is 24.4. The highest BCUT2D eigenvalue weighted by Gasteiger charge is 2.53. The topological polar surface area (TPSA) is 104 Å². The Hall–Kier alpha value is -3.70. The van der Waals surface area contributed by atoms with Crippen LogP contribution in [0.3, 0.4) is 0 Å². The number of aliphatic imine (C=N–C) groups is 1. The molecule has 1 saturated heterocycles. The maximum Gasteiger partial charge on any atom is 0.416 e. The fraction of sp³-hybridized carbons (Fsp3) is 0.407. The Kier molecular flexibility index (Phi) is 5.94. The average molecular weight is 474 g/mol. The summed E-state index contributed by atoms with van der Waals surface area (Å²) in [5.41, 5.74) is 1.63. The van der Waals surface area contributed by atoms with E-state index in [9.17, 15) is 15.2 Å². The van der Waals surface area contributed by atoms with E-state index >= 15 is 0 Å². The zero-order valence-corrected chi connectivity index (χ0v) is 20.5. The molecule has 8 heteroatoms. The molecule has 2 heterocycles. The Morgan fingerprint density at radius 3 is 2.86 bits per heavy atom. The normalized spacial score (nSPS) is 24.8. The summed E-state index contributed by atoms with van der Waals surface area (Å²) < 4.78 is 8.00. The van der Waals surface area contributed by atoms with Crippen LogP contribution in [0.4, 0.5) is 4.79 Å². The van der Waals surface area contributed by atoms with Crippen LogP contribution >= 0.6 is 0 Å². The van der Waals surface area contributed by atoms with Gasteiger partial charge in [-0.2, -0.15) is 5.26 Å². The van der Waals surface area contributed by atoms with Gasteiger partial charge in [-0.05, 0) is 56.9 Å². The molecule has 1 aromatic heterocycles. The van der Waals surface area contributed by atoms with Gasteiger partial charge in [0, 0.05) is 18.2 Å². The number of hydrogen-bond donors (Lipinski definition) is 1. The minimum atomic E-state index is -1.12. The number of hydrogen-bond acceptors (Lipinski definition) is 6. The van der Waals surface area contributed by atoms with Crippen molar-refractivity contribution >= 4 is 23.3 Å². The Labute approximate surface area is 205 Å². The summed E-state index contributed by atoms with van der Waals surface area (Å²) in [6.07, 6.45) is 4.70. The van der Waals surface area contributed by atoms with Crippen molar-refractivity contribution < 1.29 is 14.6 Å². The zero-order chi connectivity index (χ0) is 25.6. The van der Waals surface area contributed by atoms with Crippen molar-refractivity contribution in [3.05, 3.63) is 66.8 Å². The van der Waals surface area contributed by atoms with Crippen molar-refractivity contribution in [2.45, 2.75) is 57.8 Å². The lowest BCUT2D eigenvalue weighted by Gasteiger charge is -2.44. The SMILES string of the molecule is C=C(/N=C\C(=C)C(C)(C)O)N1C[C@@]2(CCC(=C)[C@](C)(Cn3cnc4ccc(C#N)cc43)C2)OC1=O. The molecular formula is C27H31N5O3. The monoisotopic (exact) mass is 473 g/mol. The molecule has 1 aliphatic heterocycles. The number of benzene rings is 1. The van der Waals surface area contributed by atoms with Gasteiger partial charge in [0.2, 0.25) is 0 Å². The largest absolute Gasteiger partial charge is 0.441 e. The van der Waals surface area contributed by atoms with Gasteiger partial charge in [-0.15, -0.1) is 0 Å². The van der Waals surface area contributed by atoms with E-state index in [1.54, 1.807) is 26.2 Å². The Morgan fingerprint density at radius 2 is 2.17 bits per heavy atom. The van der Waals surface area contributed by atoms with Crippen LogP contribution in [-0.2, 0) is 11.3 Å². The van der Waals surface area contributed by atoms with Crippen LogP contribution in [0.15, 0.2) is 66.2 Å². The maximum absolute atomic E-state index is 12.8. The second kappa shape index (κ2) is 8.51. The van der Waals surface area contributed by atoms with Gasteiger partial charge in [-0.3, -0.25) is 4.90 Å². The Bertz CT molecular complexity index is 1310. The minimum Gasteiger partial charge on any atom is -0.441 e. The predicted molar refractivity (Wildman–Crippen MR) is 135 cm³/mol. The predicted octanol–water partition coefficient (Wildman–Crippen LogP) is 4.71. The standard InChI is InChI=1S/C27H31N5O3/c1-18-9-10-27(16-32(24(33)35-27)20(3)29-13-19(2)25(4,5)34)14-26(18,6)15-31-17-30-22-8-7-21(12-28)11-23(22)31/h7-8,11,13,17,34H,1-3,9-10,14-16H2,4-6H3/b29-13-/t26-,27-/m0/s1. The number of carbonyl (C=O) groups is 1. The third kappa shape index (κ3) is 4.64. The first-order valence-electron chi connectivity index (χ1n) is 11.5. The fourth-order valence-electron chi connectivity index (χ4n) is 4.82. The molecule has 1 N–H and O–H groups in total. The number of aliphatic hydroxyl groups is 1. The molecule has 1 aliphatic carbocycles. The molecule has 182 valence electrons. The lowest BCUT2D eigenvalue weighted by Crippen LogP contribution is -2.45. The highest BCUT2D eigenvalue weighted by atomic mass is 16.6. The summed E-state index contributed by atoms with van der Waals surface area (Å²) in [5.74, 6) is 0.244. The van der Waals surface area contributed by atoms with Crippen LogP contribution in [0, 0.1) is 16.7 Å². The van der Waals surface area contributed by atoms with Crippen LogP contribution in [0.5, 0.6) is 0 Å². The molecule has 1 aromatic carbocycles. The molecule has 2 aromatic rings. The van der Waals surface area contributed by atoms with Gasteiger partial charge in [0.05, 0.1) is 41.1 Å². The third-order valence-electron chi connectivity index (χ3n) is 7.16. The quantitative estimate of drug-likeness (QED) is 0.483. The number of allylic oxidation sites excluding steroid dienone is 1. The molecule has 1 saturated carbocycles. The zero-order valence-electron chi connectivity index (χ0n) is 20.5. The summed E-state index contributed by atoms with van der Waals surface area (Å²) in [7, 11) is 0. The molecule has 0 bridgehead atoms. The number of rotatable bonds is 6. The summed E-state index contributed by atoms with van der Waals surface area (Å²) >= 11 is 0. The van der Waals surface area contributed by atoms with Gasteiger partial charge in [-0.1, -0.05) is 32.2 Å². The molecule has 2 aliphatic rings. The Morgan fingerprint density at radius 1 is 1.43 bits per heavy atom. The number of nitriles is 1. The molecular weight excluding hydrogens is 442 g/mol. The lowest BCUT2D eigenvalue weighted by atomic mass is 9.65. The highest BCUT2D eigenvalue weighted by Crippen LogP contribution is 2.50. The van der Waals surface area contributed by atoms with Crippen molar-refractivity contribution in [3.63, 3.8) is 0 Å². The summed E-state index contributed by atoms with van der Waals surface area (Å²) in [6, 6.07) is 7.63. The number of aromatic nitrogens is 2. The van der Waals surface area contributed by atoms with Crippen molar-refractivity contribution in [1.82, 2.24) is 14.5 Å². The van der Waals surface area contributed by atoms with Gasteiger partial charge in [-0.25, -0.2) is 14.8 Å². The van der Waals surface area contributed by atoms with Crippen molar-refractivity contribution in [2.24, 2.45) is 10.4 Å². The van der Waals surface area contributed by atoms with Gasteiger partial charge < -0.3 is 14.4 Å². The molecule has 0 unspecified atom stereocenters. The van der Waals surface area contributed by atoms with E-state index in [2.05, 4.69) is 42.7 Å². The number of imidazole rings is 1. The molecule has 1 amide bonds. The van der Waals surface area contributed by atoms with E-state index in [-0.39, 0.29) is 11.2 Å². The van der Waals surface area contributed by atoms with E-state index in [0.29, 0.717) is 37.1 Å². The minimum absolute atomic E-state index is 0.244. The number of amides is 1. The average Bonchev–Trinajstić information content (AvgIpc) is 3.33. The third-order valence-corrected chi connectivity index (χ3v) is 7.16. The Balaban J connectivity index is 1.55. The smallest absolute Gasteiger partial charge is 0.416 e. The second-order valence-corrected chi connectivity index (χ2v) is 10.4. The maximum atomic E-state index is 12.8. The van der Waals surface area contributed by atoms with E-state index in [4.69, 9.17) is 4.74 Å². The first-order chi connectivity index (χ1) is 16.4. The van der Waals surface area contributed by atoms with E-state index in [0.717, 1.165) is 23.0 Å². The van der Waals surface area contributed by atoms with Crippen LogP contribution in [0.2, 0.25) is 0 Å². The molecule has 1 spiro atoms. The fourth-order valence-corrected chi connectivity index (χ4v) is 4.82. The molecule has 8 nitrogen and oxygen atoms in total. The van der Waals surface area contributed by atoms with Gasteiger partial charge in [0.15, 0.2) is 0 Å². The van der Waals surface area contributed by atoms with Crippen molar-refractivity contribution in [3.8, 4) is 6.07 Å². The first-order valence-corrected chi connectivity index (χ1v) is 11.5. The van der Waals surface area contributed by atoms with Crippen molar-refractivity contribution in [1.29, 1.82) is 5.26 Å². The summed E-state index contributed by atoms with van der Waals surface area (Å²) in [5, 5.41) is 19.3. The van der Waals surface area contributed by atoms with Crippen molar-refractivity contribution in [2.75, 3.05) is 6.54 Å². The molecule has 4 rings (SSSR count). The van der Waals surface area contributed by atoms with Crippen LogP contribution in [-0.4, -0.2) is 49.6 Å². The summed E-state index contributed by atoms with van der Waals surface area (Å²) in [4.78, 5) is 23.0. The summed E-state index contributed by atoms with van der Waals surface area (Å²) in [6.45, 7) is 18.4. The number of nitrogens with zero attached hydrogens (tertiary/aromatic N) is 5. The van der Waals surface area contributed by atoms with E-state index in [1.165, 1.54) is 11.1 Å². The van der Waals surface area contributed by atoms with E-state index < -0.39 is 17.3 Å². The molecule has 35 heavy (non-hydrogen) atoms. The van der Waals surface area contributed by atoms with Crippen LogP contribution in [0.1, 0.15) is 45.6 Å². The second-order valence-electron chi connectivity index (χ2n) is 10.4. The van der Waals surface area contributed by atoms with Gasteiger partial charge >= 0.3 is 6.09 Å². The molecule has 2 atom stereocenters. The number of carbonyl (C=O) groups excluding carboxylic acids is 1. The van der Waals surface area contributed by atoms with Gasteiger partial charge in [0.25, 0.3) is 0 Å². The van der Waals surface area contributed by atoms with Crippen LogP contribution < -0.4 is 0 Å². The molecule has 2 fully saturated rings. The lowest BCUT2D eigenvalue weighted by molar-refractivity contribution is -0.00425. The van der Waals surface area contributed by atoms with E-state index in [1.807, 2.05) is 16.7 Å².